The van der Waals surface area contributed by atoms with Gasteiger partial charge in [0.2, 0.25) is 5.91 Å². The number of nitriles is 1. The standard InChI is InChI=1S/C26H34N6O2.2ClH/c1-4-21-11-10-20(15-27)14-24(21)32(13-12-28-5-2)26(34)17-29-16-25(33)30(3)31-18-22-8-6-7-9-23(22)19-31;;/h6-11,14,28-29H,4-5,12-13,16-19H2,1-3H3;2*1H. The summed E-state index contributed by atoms with van der Waals surface area (Å²) in [6, 6.07) is 15.8. The van der Waals surface area contributed by atoms with Crippen molar-refractivity contribution in [2.45, 2.75) is 33.4 Å². The Morgan fingerprint density at radius 3 is 2.22 bits per heavy atom. The number of amides is 2. The van der Waals surface area contributed by atoms with Crippen LogP contribution in [0.5, 0.6) is 0 Å². The Balaban J connectivity index is 0.00000324. The van der Waals surface area contributed by atoms with Gasteiger partial charge in [-0.05, 0) is 41.8 Å². The minimum atomic E-state index is -0.133. The number of nitrogens with one attached hydrogen (secondary N) is 2. The van der Waals surface area contributed by atoms with Gasteiger partial charge >= 0.3 is 0 Å². The molecule has 2 amide bonds. The first-order chi connectivity index (χ1) is 16.5. The van der Waals surface area contributed by atoms with Gasteiger partial charge in [-0.15, -0.1) is 24.8 Å². The largest absolute Gasteiger partial charge is 0.315 e. The average Bonchev–Trinajstić information content (AvgIpc) is 3.30. The predicted octanol–water partition coefficient (Wildman–Crippen LogP) is 2.89. The molecule has 0 saturated heterocycles. The predicted molar refractivity (Wildman–Crippen MR) is 147 cm³/mol. The number of hydrogen-bond acceptors (Lipinski definition) is 6. The van der Waals surface area contributed by atoms with Crippen molar-refractivity contribution in [1.82, 2.24) is 20.7 Å². The van der Waals surface area contributed by atoms with Crippen LogP contribution in [0.3, 0.4) is 0 Å². The summed E-state index contributed by atoms with van der Waals surface area (Å²) in [6.07, 6.45) is 0.751. The zero-order chi connectivity index (χ0) is 24.5. The lowest BCUT2D eigenvalue weighted by molar-refractivity contribution is -0.145. The molecule has 196 valence electrons. The number of benzene rings is 2. The van der Waals surface area contributed by atoms with E-state index in [0.29, 0.717) is 31.7 Å². The van der Waals surface area contributed by atoms with Crippen molar-refractivity contribution in [1.29, 1.82) is 5.26 Å². The summed E-state index contributed by atoms with van der Waals surface area (Å²) < 4.78 is 0. The zero-order valence-electron chi connectivity index (χ0n) is 21.1. The quantitative estimate of drug-likeness (QED) is 0.430. The Hall–Kier alpha value is -2.67. The molecule has 0 atom stereocenters. The second kappa shape index (κ2) is 15.4. The Bertz CT molecular complexity index is 1030. The van der Waals surface area contributed by atoms with Gasteiger partial charge in [0.25, 0.3) is 5.91 Å². The number of rotatable bonds is 11. The molecule has 0 saturated carbocycles. The van der Waals surface area contributed by atoms with E-state index in [0.717, 1.165) is 24.2 Å². The van der Waals surface area contributed by atoms with Crippen molar-refractivity contribution in [3.63, 3.8) is 0 Å². The van der Waals surface area contributed by atoms with Crippen molar-refractivity contribution in [2.75, 3.05) is 44.7 Å². The molecule has 0 aromatic heterocycles. The smallest absolute Gasteiger partial charge is 0.250 e. The molecule has 8 nitrogen and oxygen atoms in total. The first kappa shape index (κ1) is 31.4. The topological polar surface area (TPSA) is 91.7 Å². The molecular formula is C26H36Cl2N6O2. The van der Waals surface area contributed by atoms with Crippen molar-refractivity contribution in [3.8, 4) is 6.07 Å². The van der Waals surface area contributed by atoms with Crippen LogP contribution in [0.1, 0.15) is 36.1 Å². The van der Waals surface area contributed by atoms with Gasteiger partial charge in [-0.3, -0.25) is 19.9 Å². The number of anilines is 1. The lowest BCUT2D eigenvalue weighted by Crippen LogP contribution is -2.47. The summed E-state index contributed by atoms with van der Waals surface area (Å²) in [5.74, 6) is -0.229. The number of nitrogens with zero attached hydrogens (tertiary/aromatic N) is 4. The van der Waals surface area contributed by atoms with E-state index in [9.17, 15) is 14.9 Å². The number of hydrazine groups is 1. The molecule has 0 bridgehead atoms. The first-order valence-corrected chi connectivity index (χ1v) is 11.8. The third-order valence-electron chi connectivity index (χ3n) is 6.11. The Kier molecular flexibility index (Phi) is 13.5. The van der Waals surface area contributed by atoms with Crippen LogP contribution in [-0.2, 0) is 29.1 Å². The van der Waals surface area contributed by atoms with Crippen LogP contribution in [0.25, 0.3) is 0 Å². The maximum Gasteiger partial charge on any atom is 0.250 e. The molecule has 0 fully saturated rings. The average molecular weight is 536 g/mol. The third-order valence-corrected chi connectivity index (χ3v) is 6.11. The van der Waals surface area contributed by atoms with Crippen LogP contribution in [-0.4, -0.2) is 61.6 Å². The van der Waals surface area contributed by atoms with Crippen LogP contribution in [0.15, 0.2) is 42.5 Å². The highest BCUT2D eigenvalue weighted by Crippen LogP contribution is 2.24. The van der Waals surface area contributed by atoms with E-state index in [2.05, 4.69) is 28.8 Å². The highest BCUT2D eigenvalue weighted by atomic mass is 35.5. The van der Waals surface area contributed by atoms with E-state index in [1.807, 2.05) is 37.1 Å². The molecule has 2 N–H and O–H groups in total. The molecule has 10 heteroatoms. The third kappa shape index (κ3) is 7.92. The highest BCUT2D eigenvalue weighted by molar-refractivity contribution is 5.96. The van der Waals surface area contributed by atoms with Gasteiger partial charge in [0.1, 0.15) is 0 Å². The maximum atomic E-state index is 13.2. The minimum absolute atomic E-state index is 0. The van der Waals surface area contributed by atoms with E-state index >= 15 is 0 Å². The molecule has 2 aromatic carbocycles. The Labute approximate surface area is 226 Å². The molecule has 0 unspecified atom stereocenters. The number of aryl methyl sites for hydroxylation is 1. The molecule has 3 rings (SSSR count). The van der Waals surface area contributed by atoms with E-state index in [1.165, 1.54) is 11.1 Å². The molecule has 1 aliphatic heterocycles. The van der Waals surface area contributed by atoms with Crippen molar-refractivity contribution >= 4 is 42.3 Å². The van der Waals surface area contributed by atoms with Gasteiger partial charge in [0, 0.05) is 38.9 Å². The van der Waals surface area contributed by atoms with E-state index in [4.69, 9.17) is 0 Å². The maximum absolute atomic E-state index is 13.2. The van der Waals surface area contributed by atoms with E-state index in [-0.39, 0.29) is 49.7 Å². The molecule has 2 aromatic rings. The van der Waals surface area contributed by atoms with Gasteiger partial charge in [0.15, 0.2) is 0 Å². The number of carbonyl (C=O) groups excluding carboxylic acids is 2. The molecular weight excluding hydrogens is 499 g/mol. The second-order valence-corrected chi connectivity index (χ2v) is 8.32. The van der Waals surface area contributed by atoms with Crippen LogP contribution in [0.4, 0.5) is 5.69 Å². The lowest BCUT2D eigenvalue weighted by atomic mass is 10.1. The van der Waals surface area contributed by atoms with Crippen LogP contribution >= 0.6 is 24.8 Å². The summed E-state index contributed by atoms with van der Waals surface area (Å²) in [5, 5.41) is 19.2. The number of hydrogen-bond donors (Lipinski definition) is 2. The zero-order valence-corrected chi connectivity index (χ0v) is 22.8. The van der Waals surface area contributed by atoms with E-state index < -0.39 is 0 Å². The fourth-order valence-electron chi connectivity index (χ4n) is 4.10. The first-order valence-electron chi connectivity index (χ1n) is 11.8. The van der Waals surface area contributed by atoms with Gasteiger partial charge in [-0.2, -0.15) is 5.26 Å². The fourth-order valence-corrected chi connectivity index (χ4v) is 4.10. The monoisotopic (exact) mass is 534 g/mol. The van der Waals surface area contributed by atoms with Crippen molar-refractivity contribution in [2.24, 2.45) is 0 Å². The highest BCUT2D eigenvalue weighted by Gasteiger charge is 2.25. The molecule has 1 heterocycles. The number of carbonyl (C=O) groups is 2. The van der Waals surface area contributed by atoms with Crippen LogP contribution < -0.4 is 15.5 Å². The second-order valence-electron chi connectivity index (χ2n) is 8.32. The van der Waals surface area contributed by atoms with E-state index in [1.54, 1.807) is 29.1 Å². The number of fused-ring (bicyclic) bond motifs is 1. The summed E-state index contributed by atoms with van der Waals surface area (Å²) in [5.41, 5.74) is 4.74. The van der Waals surface area contributed by atoms with Gasteiger partial charge in [0.05, 0.1) is 24.7 Å². The summed E-state index contributed by atoms with van der Waals surface area (Å²) >= 11 is 0. The molecule has 0 spiro atoms. The normalized spacial score (nSPS) is 12.1. The molecule has 0 radical (unpaired) electrons. The number of likely N-dealkylation sites (N-methyl/N-ethyl adjacent to an activating group) is 2. The summed E-state index contributed by atoms with van der Waals surface area (Å²) in [4.78, 5) is 27.6. The summed E-state index contributed by atoms with van der Waals surface area (Å²) in [7, 11) is 1.77. The molecule has 0 aliphatic carbocycles. The Morgan fingerprint density at radius 2 is 1.64 bits per heavy atom. The lowest BCUT2D eigenvalue weighted by Gasteiger charge is -2.28. The van der Waals surface area contributed by atoms with Gasteiger partial charge < -0.3 is 10.2 Å². The summed E-state index contributed by atoms with van der Waals surface area (Å²) in [6.45, 7) is 7.47. The van der Waals surface area contributed by atoms with Crippen molar-refractivity contribution < 1.29 is 9.59 Å². The van der Waals surface area contributed by atoms with Gasteiger partial charge in [-0.1, -0.05) is 44.2 Å². The SMILES string of the molecule is CCNCCN(C(=O)CNCC(=O)N(C)N1Cc2ccccc2C1)c1cc(C#N)ccc1CC.Cl.Cl. The number of halogens is 2. The molecule has 36 heavy (non-hydrogen) atoms. The van der Waals surface area contributed by atoms with Crippen molar-refractivity contribution in [3.05, 3.63) is 64.7 Å². The van der Waals surface area contributed by atoms with Crippen LogP contribution in [0, 0.1) is 11.3 Å². The Morgan fingerprint density at radius 1 is 1.00 bits per heavy atom. The molecule has 1 aliphatic rings. The minimum Gasteiger partial charge on any atom is -0.315 e. The van der Waals surface area contributed by atoms with Crippen LogP contribution in [0.2, 0.25) is 0 Å². The van der Waals surface area contributed by atoms with Gasteiger partial charge in [-0.25, -0.2) is 5.01 Å². The fraction of sp³-hybridized carbons (Fsp3) is 0.423.